The summed E-state index contributed by atoms with van der Waals surface area (Å²) in [4.78, 5) is 31.6. The van der Waals surface area contributed by atoms with Crippen molar-refractivity contribution >= 4 is 46.7 Å². The van der Waals surface area contributed by atoms with Crippen LogP contribution in [0.15, 0.2) is 28.2 Å². The third-order valence-corrected chi connectivity index (χ3v) is 5.16. The van der Waals surface area contributed by atoms with Gasteiger partial charge in [0.05, 0.1) is 15.6 Å². The maximum absolute atomic E-state index is 12.5. The standard InChI is InChI=1S/C15H13Cl2N3O2S/c1-2-23-15-19-13-11(14(22)20-15)8(6-10(21)18-13)7-4-3-5-9(16)12(7)17/h3-5,8H,2,6H2,1H3,(H2,18,19,20,21,22)/t8-/m1/s1. The van der Waals surface area contributed by atoms with E-state index in [1.807, 2.05) is 6.92 Å². The van der Waals surface area contributed by atoms with Gasteiger partial charge in [0, 0.05) is 12.3 Å². The number of hydrogen-bond acceptors (Lipinski definition) is 4. The van der Waals surface area contributed by atoms with Crippen LogP contribution in [0.2, 0.25) is 10.0 Å². The van der Waals surface area contributed by atoms with Gasteiger partial charge in [-0.1, -0.05) is 54.0 Å². The summed E-state index contributed by atoms with van der Waals surface area (Å²) in [5.74, 6) is 0.382. The van der Waals surface area contributed by atoms with Gasteiger partial charge in [0.2, 0.25) is 5.91 Å². The number of carbonyl (C=O) groups is 1. The molecule has 2 aromatic rings. The van der Waals surface area contributed by atoms with Crippen molar-refractivity contribution in [1.82, 2.24) is 9.97 Å². The molecule has 0 fully saturated rings. The molecule has 0 spiro atoms. The Bertz CT molecular complexity index is 838. The zero-order valence-corrected chi connectivity index (χ0v) is 14.5. The van der Waals surface area contributed by atoms with Crippen LogP contribution in [0.5, 0.6) is 0 Å². The molecule has 2 N–H and O–H groups in total. The maximum Gasteiger partial charge on any atom is 0.257 e. The van der Waals surface area contributed by atoms with Crippen LogP contribution in [0.25, 0.3) is 0 Å². The molecule has 1 atom stereocenters. The molecule has 0 unspecified atom stereocenters. The molecule has 0 saturated carbocycles. The lowest BCUT2D eigenvalue weighted by Crippen LogP contribution is -2.31. The fraction of sp³-hybridized carbons (Fsp3) is 0.267. The molecule has 0 bridgehead atoms. The monoisotopic (exact) mass is 369 g/mol. The molecule has 5 nitrogen and oxygen atoms in total. The number of carbonyl (C=O) groups excluding carboxylic acids is 1. The van der Waals surface area contributed by atoms with Crippen LogP contribution in [0.1, 0.15) is 30.4 Å². The summed E-state index contributed by atoms with van der Waals surface area (Å²) in [5.41, 5.74) is 0.791. The number of nitrogens with zero attached hydrogens (tertiary/aromatic N) is 1. The lowest BCUT2D eigenvalue weighted by Gasteiger charge is -2.25. The number of halogens is 2. The Hall–Kier alpha value is -1.50. The molecular formula is C15H13Cl2N3O2S. The molecule has 1 aromatic heterocycles. The first-order chi connectivity index (χ1) is 11.0. The highest BCUT2D eigenvalue weighted by molar-refractivity contribution is 7.99. The van der Waals surface area contributed by atoms with E-state index in [4.69, 9.17) is 23.2 Å². The molecule has 0 saturated heterocycles. The highest BCUT2D eigenvalue weighted by Crippen LogP contribution is 2.39. The van der Waals surface area contributed by atoms with E-state index in [-0.39, 0.29) is 17.9 Å². The molecule has 120 valence electrons. The average Bonchev–Trinajstić information content (AvgIpc) is 2.49. The highest BCUT2D eigenvalue weighted by Gasteiger charge is 2.32. The van der Waals surface area contributed by atoms with Crippen molar-refractivity contribution in [1.29, 1.82) is 0 Å². The predicted molar refractivity (Wildman–Crippen MR) is 92.8 cm³/mol. The van der Waals surface area contributed by atoms with E-state index in [2.05, 4.69) is 15.3 Å². The smallest absolute Gasteiger partial charge is 0.257 e. The van der Waals surface area contributed by atoms with Crippen molar-refractivity contribution in [2.75, 3.05) is 11.1 Å². The zero-order chi connectivity index (χ0) is 16.6. The number of anilines is 1. The summed E-state index contributed by atoms with van der Waals surface area (Å²) in [6.45, 7) is 1.96. The maximum atomic E-state index is 12.5. The molecular weight excluding hydrogens is 357 g/mol. The van der Waals surface area contributed by atoms with E-state index in [9.17, 15) is 9.59 Å². The number of aromatic amines is 1. The number of thioether (sulfide) groups is 1. The van der Waals surface area contributed by atoms with Crippen LogP contribution in [0.4, 0.5) is 5.82 Å². The number of rotatable bonds is 3. The number of H-pyrrole nitrogens is 1. The first kappa shape index (κ1) is 16.4. The summed E-state index contributed by atoms with van der Waals surface area (Å²) in [6.07, 6.45) is 0.123. The second kappa shape index (κ2) is 6.55. The molecule has 0 aliphatic carbocycles. The molecule has 1 amide bonds. The zero-order valence-electron chi connectivity index (χ0n) is 12.2. The summed E-state index contributed by atoms with van der Waals surface area (Å²) in [5, 5.41) is 3.90. The number of fused-ring (bicyclic) bond motifs is 1. The molecule has 1 aliphatic rings. The molecule has 0 radical (unpaired) electrons. The van der Waals surface area contributed by atoms with Crippen molar-refractivity contribution < 1.29 is 4.79 Å². The van der Waals surface area contributed by atoms with E-state index in [1.165, 1.54) is 11.8 Å². The van der Waals surface area contributed by atoms with Gasteiger partial charge in [0.15, 0.2) is 5.16 Å². The van der Waals surface area contributed by atoms with Gasteiger partial charge >= 0.3 is 0 Å². The topological polar surface area (TPSA) is 74.8 Å². The lowest BCUT2D eigenvalue weighted by molar-refractivity contribution is -0.116. The summed E-state index contributed by atoms with van der Waals surface area (Å²) >= 11 is 13.7. The van der Waals surface area contributed by atoms with Gasteiger partial charge in [-0.2, -0.15) is 0 Å². The fourth-order valence-electron chi connectivity index (χ4n) is 2.61. The van der Waals surface area contributed by atoms with Crippen LogP contribution < -0.4 is 10.9 Å². The van der Waals surface area contributed by atoms with Gasteiger partial charge in [-0.15, -0.1) is 0 Å². The minimum atomic E-state index is -0.470. The quantitative estimate of drug-likeness (QED) is 0.639. The van der Waals surface area contributed by atoms with E-state index in [0.717, 1.165) is 5.75 Å². The Kier molecular flexibility index (Phi) is 4.66. The number of amides is 1. The van der Waals surface area contributed by atoms with Crippen molar-refractivity contribution in [3.63, 3.8) is 0 Å². The minimum Gasteiger partial charge on any atom is -0.310 e. The average molecular weight is 370 g/mol. The second-order valence-electron chi connectivity index (χ2n) is 5.01. The summed E-state index contributed by atoms with van der Waals surface area (Å²) in [7, 11) is 0. The van der Waals surface area contributed by atoms with Crippen molar-refractivity contribution in [3.05, 3.63) is 49.7 Å². The van der Waals surface area contributed by atoms with Crippen LogP contribution >= 0.6 is 35.0 Å². The van der Waals surface area contributed by atoms with E-state index < -0.39 is 5.92 Å². The Morgan fingerprint density at radius 3 is 2.87 bits per heavy atom. The fourth-order valence-corrected chi connectivity index (χ4v) is 3.64. The Morgan fingerprint density at radius 2 is 2.13 bits per heavy atom. The Morgan fingerprint density at radius 1 is 1.35 bits per heavy atom. The van der Waals surface area contributed by atoms with Crippen LogP contribution in [0.3, 0.4) is 0 Å². The van der Waals surface area contributed by atoms with Crippen LogP contribution in [-0.4, -0.2) is 21.6 Å². The van der Waals surface area contributed by atoms with Crippen molar-refractivity contribution in [2.24, 2.45) is 0 Å². The van der Waals surface area contributed by atoms with Gasteiger partial charge < -0.3 is 10.3 Å². The van der Waals surface area contributed by atoms with Gasteiger partial charge in [0.25, 0.3) is 5.56 Å². The molecule has 23 heavy (non-hydrogen) atoms. The molecule has 8 heteroatoms. The second-order valence-corrected chi connectivity index (χ2v) is 7.05. The Labute approximate surface area is 146 Å². The van der Waals surface area contributed by atoms with Gasteiger partial charge in [-0.05, 0) is 17.4 Å². The van der Waals surface area contributed by atoms with Gasteiger partial charge in [-0.3, -0.25) is 9.59 Å². The minimum absolute atomic E-state index is 0.123. The van der Waals surface area contributed by atoms with E-state index in [0.29, 0.717) is 32.1 Å². The first-order valence-electron chi connectivity index (χ1n) is 7.02. The molecule has 2 heterocycles. The largest absolute Gasteiger partial charge is 0.310 e. The normalized spacial score (nSPS) is 16.8. The van der Waals surface area contributed by atoms with Crippen molar-refractivity contribution in [2.45, 2.75) is 24.4 Å². The predicted octanol–water partition coefficient (Wildman–Crippen LogP) is 3.66. The van der Waals surface area contributed by atoms with E-state index in [1.54, 1.807) is 18.2 Å². The third kappa shape index (κ3) is 3.11. The van der Waals surface area contributed by atoms with Gasteiger partial charge in [-0.25, -0.2) is 4.98 Å². The van der Waals surface area contributed by atoms with Crippen molar-refractivity contribution in [3.8, 4) is 0 Å². The lowest BCUT2D eigenvalue weighted by atomic mass is 9.87. The van der Waals surface area contributed by atoms with Crippen LogP contribution in [0, 0.1) is 0 Å². The number of aromatic nitrogens is 2. The highest BCUT2D eigenvalue weighted by atomic mass is 35.5. The summed E-state index contributed by atoms with van der Waals surface area (Å²) in [6, 6.07) is 5.19. The molecule has 1 aromatic carbocycles. The van der Waals surface area contributed by atoms with Crippen LogP contribution in [-0.2, 0) is 4.79 Å². The Balaban J connectivity index is 2.17. The van der Waals surface area contributed by atoms with E-state index >= 15 is 0 Å². The molecule has 3 rings (SSSR count). The third-order valence-electron chi connectivity index (χ3n) is 3.57. The first-order valence-corrected chi connectivity index (χ1v) is 8.76. The van der Waals surface area contributed by atoms with Gasteiger partial charge in [0.1, 0.15) is 5.82 Å². The number of benzene rings is 1. The summed E-state index contributed by atoms with van der Waals surface area (Å²) < 4.78 is 0. The SMILES string of the molecule is CCSc1nc2c(c(=O)[nH]1)[C@@H](c1cccc(Cl)c1Cl)CC(=O)N2. The number of nitrogens with one attached hydrogen (secondary N) is 2. The number of hydrogen-bond donors (Lipinski definition) is 2. The molecule has 1 aliphatic heterocycles.